The lowest BCUT2D eigenvalue weighted by molar-refractivity contribution is 0.0941. The largest absolute Gasteiger partial charge is 0.361 e. The molecule has 0 spiro atoms. The minimum Gasteiger partial charge on any atom is -0.361 e. The molecule has 2 aromatic rings. The molecular weight excluding hydrogens is 608 g/mol. The summed E-state index contributed by atoms with van der Waals surface area (Å²) in [5.41, 5.74) is 2.07. The van der Waals surface area contributed by atoms with Crippen molar-refractivity contribution >= 4 is 58.2 Å². The highest BCUT2D eigenvalue weighted by Crippen LogP contribution is 2.41. The minimum atomic E-state index is -1.16. The number of halogens is 1. The van der Waals surface area contributed by atoms with Crippen molar-refractivity contribution in [1.29, 1.82) is 0 Å². The first-order chi connectivity index (χ1) is 17.4. The summed E-state index contributed by atoms with van der Waals surface area (Å²) in [5.74, 6) is 1.41. The third kappa shape index (κ3) is 8.03. The molecule has 11 heteroatoms. The maximum absolute atomic E-state index is 6.46. The van der Waals surface area contributed by atoms with Gasteiger partial charge in [-0.25, -0.2) is 4.98 Å². The van der Waals surface area contributed by atoms with Crippen LogP contribution in [0.15, 0.2) is 12.3 Å². The maximum Gasteiger partial charge on any atom is 0.183 e. The third-order valence-electron chi connectivity index (χ3n) is 7.69. The number of aromatic nitrogens is 3. The van der Waals surface area contributed by atoms with E-state index in [2.05, 4.69) is 77.7 Å². The maximum atomic E-state index is 6.46. The number of rotatable bonds is 12. The number of anilines is 1. The predicted molar refractivity (Wildman–Crippen MR) is 167 cm³/mol. The average Bonchev–Trinajstić information content (AvgIpc) is 3.17. The van der Waals surface area contributed by atoms with Gasteiger partial charge >= 0.3 is 0 Å². The van der Waals surface area contributed by atoms with Gasteiger partial charge in [-0.15, -0.1) is 0 Å². The van der Waals surface area contributed by atoms with E-state index in [1.54, 1.807) is 0 Å². The molecule has 2 bridgehead atoms. The summed E-state index contributed by atoms with van der Waals surface area (Å²) in [4.78, 5) is 9.48. The molecule has 7 nitrogen and oxygen atoms in total. The van der Waals surface area contributed by atoms with Crippen LogP contribution >= 0.6 is 22.6 Å². The van der Waals surface area contributed by atoms with Crippen LogP contribution in [0.1, 0.15) is 43.7 Å². The van der Waals surface area contributed by atoms with Gasteiger partial charge in [0.25, 0.3) is 0 Å². The van der Waals surface area contributed by atoms with Crippen LogP contribution in [-0.4, -0.2) is 82.3 Å². The van der Waals surface area contributed by atoms with Gasteiger partial charge in [0, 0.05) is 47.0 Å². The quantitative estimate of drug-likeness (QED) is 0.122. The average molecular weight is 654 g/mol. The van der Waals surface area contributed by atoms with E-state index in [0.29, 0.717) is 31.5 Å². The van der Waals surface area contributed by atoms with Crippen LogP contribution in [-0.2, 0) is 9.47 Å². The standard InChI is InChI=1S/C26H45BIN5O2Si2/c1-36(2,3)12-10-34-18-31(19-35-11-13-37(4,5)6)25-16-24(30-26-23(28)17-29-33(25)26)20-14-21-8-7-9-22(15-20)32(21)27/h16-17,20-22H,7-15,18-19H2,1-6H3. The molecule has 0 saturated carbocycles. The van der Waals surface area contributed by atoms with E-state index in [-0.39, 0.29) is 0 Å². The summed E-state index contributed by atoms with van der Waals surface area (Å²) in [7, 11) is 4.13. The molecule has 2 unspecified atom stereocenters. The van der Waals surface area contributed by atoms with E-state index in [4.69, 9.17) is 27.5 Å². The van der Waals surface area contributed by atoms with Crippen molar-refractivity contribution < 1.29 is 9.47 Å². The smallest absolute Gasteiger partial charge is 0.183 e. The summed E-state index contributed by atoms with van der Waals surface area (Å²) in [5, 5.41) is 4.71. The van der Waals surface area contributed by atoms with Crippen molar-refractivity contribution in [2.24, 2.45) is 0 Å². The molecule has 2 aromatic heterocycles. The molecule has 2 aliphatic heterocycles. The molecule has 37 heavy (non-hydrogen) atoms. The van der Waals surface area contributed by atoms with E-state index in [1.165, 1.54) is 19.3 Å². The number of piperidine rings is 2. The molecule has 0 amide bonds. The summed E-state index contributed by atoms with van der Waals surface area (Å²) >= 11 is 2.35. The van der Waals surface area contributed by atoms with Gasteiger partial charge in [0.2, 0.25) is 0 Å². The van der Waals surface area contributed by atoms with E-state index < -0.39 is 16.1 Å². The Morgan fingerprint density at radius 3 is 2.11 bits per heavy atom. The molecule has 2 radical (unpaired) electrons. The topological polar surface area (TPSA) is 55.1 Å². The number of nitrogens with zero attached hydrogens (tertiary/aromatic N) is 5. The SMILES string of the molecule is [B]N1C2CCCC1CC(c1cc(N(COCC[Si](C)(C)C)COCC[Si](C)(C)C)n3ncc(I)c3n1)C2. The van der Waals surface area contributed by atoms with Crippen molar-refractivity contribution in [1.82, 2.24) is 19.4 Å². The van der Waals surface area contributed by atoms with Crippen LogP contribution in [0.3, 0.4) is 0 Å². The van der Waals surface area contributed by atoms with E-state index in [0.717, 1.165) is 58.9 Å². The van der Waals surface area contributed by atoms with Gasteiger partial charge in [0.15, 0.2) is 13.6 Å². The Kier molecular flexibility index (Phi) is 9.86. The first kappa shape index (κ1) is 29.5. The number of fused-ring (bicyclic) bond motifs is 3. The second-order valence-electron chi connectivity index (χ2n) is 13.4. The van der Waals surface area contributed by atoms with Crippen molar-refractivity contribution in [3.63, 3.8) is 0 Å². The monoisotopic (exact) mass is 653 g/mol. The molecule has 0 N–H and O–H groups in total. The summed E-state index contributed by atoms with van der Waals surface area (Å²) in [6, 6.07) is 5.44. The van der Waals surface area contributed by atoms with Gasteiger partial charge in [-0.3, -0.25) is 0 Å². The zero-order chi connectivity index (χ0) is 26.8. The van der Waals surface area contributed by atoms with Gasteiger partial charge in [-0.05, 0) is 72.4 Å². The molecule has 2 atom stereocenters. The molecular formula is C26H45BIN5O2Si2. The lowest BCUT2D eigenvalue weighted by Gasteiger charge is -2.47. The molecule has 2 fully saturated rings. The minimum absolute atomic E-state index is 0.409. The second-order valence-corrected chi connectivity index (χ2v) is 25.8. The summed E-state index contributed by atoms with van der Waals surface area (Å²) < 4.78 is 15.5. The van der Waals surface area contributed by atoms with Gasteiger partial charge in [0.1, 0.15) is 19.3 Å². The Morgan fingerprint density at radius 2 is 1.57 bits per heavy atom. The Balaban J connectivity index is 1.59. The highest BCUT2D eigenvalue weighted by molar-refractivity contribution is 14.1. The molecule has 4 rings (SSSR count). The Hall–Kier alpha value is -0.471. The Morgan fingerprint density at radius 1 is 1.00 bits per heavy atom. The number of hydrogen-bond acceptors (Lipinski definition) is 6. The predicted octanol–water partition coefficient (Wildman–Crippen LogP) is 5.95. The van der Waals surface area contributed by atoms with Gasteiger partial charge in [0.05, 0.1) is 9.77 Å². The summed E-state index contributed by atoms with van der Waals surface area (Å²) in [6.45, 7) is 16.9. The van der Waals surface area contributed by atoms with Crippen LogP contribution in [0.25, 0.3) is 5.65 Å². The zero-order valence-corrected chi connectivity index (χ0v) is 27.8. The van der Waals surface area contributed by atoms with E-state index in [9.17, 15) is 0 Å². The lowest BCUT2D eigenvalue weighted by atomic mass is 9.75. The van der Waals surface area contributed by atoms with Gasteiger partial charge < -0.3 is 19.2 Å². The van der Waals surface area contributed by atoms with Crippen LogP contribution in [0.5, 0.6) is 0 Å². The first-order valence-electron chi connectivity index (χ1n) is 13.9. The second kappa shape index (κ2) is 12.4. The van der Waals surface area contributed by atoms with E-state index >= 15 is 0 Å². The Labute approximate surface area is 240 Å². The Bertz CT molecular complexity index is 1010. The zero-order valence-electron chi connectivity index (χ0n) is 23.7. The van der Waals surface area contributed by atoms with Crippen LogP contribution < -0.4 is 4.90 Å². The lowest BCUT2D eigenvalue weighted by Crippen LogP contribution is -2.50. The van der Waals surface area contributed by atoms with Crippen molar-refractivity contribution in [2.45, 2.75) is 101 Å². The number of hydrogen-bond donors (Lipinski definition) is 0. The molecule has 2 saturated heterocycles. The fourth-order valence-electron chi connectivity index (χ4n) is 5.31. The first-order valence-corrected chi connectivity index (χ1v) is 22.4. The van der Waals surface area contributed by atoms with Crippen molar-refractivity contribution in [3.8, 4) is 0 Å². The highest BCUT2D eigenvalue weighted by Gasteiger charge is 2.37. The summed E-state index contributed by atoms with van der Waals surface area (Å²) in [6.07, 6.45) is 7.70. The fourth-order valence-corrected chi connectivity index (χ4v) is 7.29. The molecule has 2 aliphatic rings. The van der Waals surface area contributed by atoms with Crippen LogP contribution in [0.4, 0.5) is 5.82 Å². The van der Waals surface area contributed by atoms with Crippen molar-refractivity contribution in [3.05, 3.63) is 21.5 Å². The molecule has 204 valence electrons. The third-order valence-corrected chi connectivity index (χ3v) is 11.9. The molecule has 0 aromatic carbocycles. The van der Waals surface area contributed by atoms with E-state index in [1.807, 2.05) is 10.7 Å². The fraction of sp³-hybridized carbons (Fsp3) is 0.769. The highest BCUT2D eigenvalue weighted by atomic mass is 127. The van der Waals surface area contributed by atoms with Crippen LogP contribution in [0.2, 0.25) is 51.4 Å². The van der Waals surface area contributed by atoms with Crippen LogP contribution in [0, 0.1) is 3.57 Å². The number of ether oxygens (including phenoxy) is 2. The van der Waals surface area contributed by atoms with Crippen molar-refractivity contribution in [2.75, 3.05) is 31.6 Å². The molecule has 4 heterocycles. The molecule has 0 aliphatic carbocycles. The normalized spacial score (nSPS) is 23.1. The van der Waals surface area contributed by atoms with Gasteiger partial charge in [-0.1, -0.05) is 45.7 Å². The van der Waals surface area contributed by atoms with Gasteiger partial charge in [-0.2, -0.15) is 9.61 Å².